The second-order valence-electron chi connectivity index (χ2n) is 4.72. The summed E-state index contributed by atoms with van der Waals surface area (Å²) in [5.41, 5.74) is 1.46. The van der Waals surface area contributed by atoms with Crippen molar-refractivity contribution in [2.75, 3.05) is 6.54 Å². The summed E-state index contributed by atoms with van der Waals surface area (Å²) in [5.74, 6) is 0. The first-order valence-electron chi connectivity index (χ1n) is 6.38. The Morgan fingerprint density at radius 3 is 2.60 bits per heavy atom. The number of hydrogen-bond donors (Lipinski definition) is 1. The van der Waals surface area contributed by atoms with Crippen molar-refractivity contribution >= 4 is 10.0 Å². The number of aromatic nitrogens is 4. The van der Waals surface area contributed by atoms with Gasteiger partial charge in [-0.25, -0.2) is 13.1 Å². The van der Waals surface area contributed by atoms with E-state index in [1.54, 1.807) is 18.7 Å². The van der Waals surface area contributed by atoms with Crippen LogP contribution in [0.15, 0.2) is 23.4 Å². The van der Waals surface area contributed by atoms with Crippen LogP contribution >= 0.6 is 0 Å². The first-order valence-corrected chi connectivity index (χ1v) is 7.87. The Morgan fingerprint density at radius 2 is 2.05 bits per heavy atom. The summed E-state index contributed by atoms with van der Waals surface area (Å²) in [5, 5.41) is 8.29. The molecule has 0 bridgehead atoms. The van der Waals surface area contributed by atoms with Crippen molar-refractivity contribution in [3.05, 3.63) is 29.8 Å². The van der Waals surface area contributed by atoms with E-state index in [0.717, 1.165) is 5.69 Å². The van der Waals surface area contributed by atoms with Gasteiger partial charge in [-0.2, -0.15) is 10.2 Å². The zero-order chi connectivity index (χ0) is 14.8. The Morgan fingerprint density at radius 1 is 1.30 bits per heavy atom. The fraction of sp³-hybridized carbons (Fsp3) is 0.500. The smallest absolute Gasteiger partial charge is 0.243 e. The molecule has 2 rings (SSSR count). The lowest BCUT2D eigenvalue weighted by Crippen LogP contribution is -2.26. The quantitative estimate of drug-likeness (QED) is 0.792. The van der Waals surface area contributed by atoms with Gasteiger partial charge in [-0.15, -0.1) is 0 Å². The van der Waals surface area contributed by atoms with Crippen LogP contribution in [0, 0.1) is 13.8 Å². The fourth-order valence-corrected chi connectivity index (χ4v) is 3.24. The molecule has 0 aliphatic heterocycles. The van der Waals surface area contributed by atoms with Crippen molar-refractivity contribution in [2.45, 2.75) is 31.7 Å². The SMILES string of the molecule is Cc1ccn(CCCNS(=O)(=O)c2cn(C)nc2C)n1. The van der Waals surface area contributed by atoms with Crippen LogP contribution in [0.1, 0.15) is 17.8 Å². The highest BCUT2D eigenvalue weighted by molar-refractivity contribution is 7.89. The third-order valence-electron chi connectivity index (χ3n) is 2.89. The molecule has 7 nitrogen and oxygen atoms in total. The van der Waals surface area contributed by atoms with Crippen LogP contribution in [-0.2, 0) is 23.6 Å². The molecule has 2 aromatic heterocycles. The largest absolute Gasteiger partial charge is 0.274 e. The molecule has 0 radical (unpaired) electrons. The molecule has 0 fully saturated rings. The Hall–Kier alpha value is -1.67. The van der Waals surface area contributed by atoms with E-state index in [-0.39, 0.29) is 4.90 Å². The highest BCUT2D eigenvalue weighted by Crippen LogP contribution is 2.12. The van der Waals surface area contributed by atoms with E-state index >= 15 is 0 Å². The van der Waals surface area contributed by atoms with Crippen molar-refractivity contribution in [1.29, 1.82) is 0 Å². The summed E-state index contributed by atoms with van der Waals surface area (Å²) >= 11 is 0. The minimum Gasteiger partial charge on any atom is -0.274 e. The number of nitrogens with zero attached hydrogens (tertiary/aromatic N) is 4. The first-order chi connectivity index (χ1) is 9.38. The lowest BCUT2D eigenvalue weighted by Gasteiger charge is -2.05. The normalized spacial score (nSPS) is 11.9. The molecule has 0 aliphatic carbocycles. The maximum absolute atomic E-state index is 12.1. The molecule has 8 heteroatoms. The van der Waals surface area contributed by atoms with E-state index in [1.165, 1.54) is 10.9 Å². The molecule has 0 atom stereocenters. The van der Waals surface area contributed by atoms with Crippen molar-refractivity contribution in [1.82, 2.24) is 24.3 Å². The molecule has 1 N–H and O–H groups in total. The number of rotatable bonds is 6. The molecule has 0 spiro atoms. The van der Waals surface area contributed by atoms with Crippen LogP contribution in [0.3, 0.4) is 0 Å². The van der Waals surface area contributed by atoms with Gasteiger partial charge in [0.2, 0.25) is 10.0 Å². The van der Waals surface area contributed by atoms with E-state index in [0.29, 0.717) is 25.2 Å². The van der Waals surface area contributed by atoms with E-state index in [2.05, 4.69) is 14.9 Å². The molecule has 110 valence electrons. The zero-order valence-corrected chi connectivity index (χ0v) is 12.7. The summed E-state index contributed by atoms with van der Waals surface area (Å²) in [4.78, 5) is 0.231. The third-order valence-corrected chi connectivity index (χ3v) is 4.45. The molecule has 0 aliphatic rings. The van der Waals surface area contributed by atoms with Crippen molar-refractivity contribution in [3.8, 4) is 0 Å². The van der Waals surface area contributed by atoms with Gasteiger partial charge in [0.1, 0.15) is 4.90 Å². The van der Waals surface area contributed by atoms with Gasteiger partial charge in [0.05, 0.1) is 11.4 Å². The molecule has 0 saturated heterocycles. The molecule has 0 unspecified atom stereocenters. The van der Waals surface area contributed by atoms with E-state index in [9.17, 15) is 8.42 Å². The van der Waals surface area contributed by atoms with Gasteiger partial charge in [-0.3, -0.25) is 9.36 Å². The molecule has 2 heterocycles. The predicted octanol–water partition coefficient (Wildman–Crippen LogP) is 0.602. The van der Waals surface area contributed by atoms with Crippen LogP contribution in [-0.4, -0.2) is 34.5 Å². The zero-order valence-electron chi connectivity index (χ0n) is 11.9. The lowest BCUT2D eigenvalue weighted by molar-refractivity contribution is 0.551. The fourth-order valence-electron chi connectivity index (χ4n) is 1.95. The van der Waals surface area contributed by atoms with Gasteiger partial charge < -0.3 is 0 Å². The standard InChI is InChI=1S/C12H19N5O2S/c1-10-5-8-17(14-10)7-4-6-13-20(18,19)12-9-16(3)15-11(12)2/h5,8-9,13H,4,6-7H2,1-3H3. The summed E-state index contributed by atoms with van der Waals surface area (Å²) in [7, 11) is -1.78. The average Bonchev–Trinajstić information content (AvgIpc) is 2.91. The van der Waals surface area contributed by atoms with Crippen LogP contribution in [0.25, 0.3) is 0 Å². The molecule has 0 saturated carbocycles. The van der Waals surface area contributed by atoms with Crippen LogP contribution in [0.5, 0.6) is 0 Å². The van der Waals surface area contributed by atoms with Crippen LogP contribution < -0.4 is 4.72 Å². The van der Waals surface area contributed by atoms with Crippen LogP contribution in [0.2, 0.25) is 0 Å². The number of aryl methyl sites for hydroxylation is 4. The molecule has 2 aromatic rings. The Kier molecular flexibility index (Phi) is 4.24. The highest BCUT2D eigenvalue weighted by Gasteiger charge is 2.18. The predicted molar refractivity (Wildman–Crippen MR) is 74.7 cm³/mol. The maximum atomic E-state index is 12.1. The monoisotopic (exact) mass is 297 g/mol. The molecule has 20 heavy (non-hydrogen) atoms. The lowest BCUT2D eigenvalue weighted by atomic mass is 10.4. The topological polar surface area (TPSA) is 81.8 Å². The maximum Gasteiger partial charge on any atom is 0.243 e. The van der Waals surface area contributed by atoms with E-state index in [4.69, 9.17) is 0 Å². The Labute approximate surface area is 118 Å². The van der Waals surface area contributed by atoms with Gasteiger partial charge >= 0.3 is 0 Å². The summed E-state index contributed by atoms with van der Waals surface area (Å²) in [6, 6.07) is 1.92. The highest BCUT2D eigenvalue weighted by atomic mass is 32.2. The number of nitrogens with one attached hydrogen (secondary N) is 1. The second-order valence-corrected chi connectivity index (χ2v) is 6.46. The minimum atomic E-state index is -3.48. The van der Waals surface area contributed by atoms with Crippen molar-refractivity contribution in [2.24, 2.45) is 7.05 Å². The Balaban J connectivity index is 1.88. The third kappa shape index (κ3) is 3.45. The second kappa shape index (κ2) is 5.76. The molecule has 0 aromatic carbocycles. The molecule has 0 amide bonds. The van der Waals surface area contributed by atoms with Gasteiger partial charge in [-0.1, -0.05) is 0 Å². The minimum absolute atomic E-state index is 0.231. The van der Waals surface area contributed by atoms with Crippen molar-refractivity contribution in [3.63, 3.8) is 0 Å². The van der Waals surface area contributed by atoms with Crippen LogP contribution in [0.4, 0.5) is 0 Å². The van der Waals surface area contributed by atoms with Gasteiger partial charge in [-0.05, 0) is 26.3 Å². The van der Waals surface area contributed by atoms with Crippen molar-refractivity contribution < 1.29 is 8.42 Å². The summed E-state index contributed by atoms with van der Waals surface area (Å²) in [6.45, 7) is 4.66. The number of sulfonamides is 1. The summed E-state index contributed by atoms with van der Waals surface area (Å²) < 4.78 is 30.1. The summed E-state index contributed by atoms with van der Waals surface area (Å²) in [6.07, 6.45) is 4.07. The van der Waals surface area contributed by atoms with Gasteiger partial charge in [0, 0.05) is 32.5 Å². The first kappa shape index (κ1) is 14.7. The van der Waals surface area contributed by atoms with Gasteiger partial charge in [0.25, 0.3) is 0 Å². The van der Waals surface area contributed by atoms with E-state index in [1.807, 2.05) is 19.2 Å². The number of hydrogen-bond acceptors (Lipinski definition) is 4. The average molecular weight is 297 g/mol. The Bertz CT molecular complexity index is 687. The van der Waals surface area contributed by atoms with Gasteiger partial charge in [0.15, 0.2) is 0 Å². The molecular weight excluding hydrogens is 278 g/mol. The molecular formula is C12H19N5O2S. The van der Waals surface area contributed by atoms with E-state index < -0.39 is 10.0 Å².